The Morgan fingerprint density at radius 2 is 1.00 bits per heavy atom. The summed E-state index contributed by atoms with van der Waals surface area (Å²) in [4.78, 5) is 29.3. The topological polar surface area (TPSA) is 123 Å². The van der Waals surface area contributed by atoms with Crippen LogP contribution in [0.5, 0.6) is 0 Å². The molecule has 2 amide bonds. The number of carbonyl (C=O) groups is 2. The number of carbonyl (C=O) groups excluding carboxylic acids is 2. The third-order valence-corrected chi connectivity index (χ3v) is 8.18. The van der Waals surface area contributed by atoms with E-state index in [9.17, 15) is 9.59 Å². The molecule has 0 aliphatic carbocycles. The molecule has 0 aliphatic rings. The van der Waals surface area contributed by atoms with Gasteiger partial charge in [0.15, 0.2) is 5.96 Å². The van der Waals surface area contributed by atoms with Gasteiger partial charge in [-0.1, -0.05) is 149 Å². The molecule has 0 aromatic carbocycles. The summed E-state index contributed by atoms with van der Waals surface area (Å²) in [5, 5.41) is 6.01. The van der Waals surface area contributed by atoms with Crippen LogP contribution in [0.4, 0.5) is 0 Å². The molecule has 256 valence electrons. The molecule has 0 heterocycles. The molecule has 0 rings (SSSR count). The summed E-state index contributed by atoms with van der Waals surface area (Å²) in [6.45, 7) is 5.67. The summed E-state index contributed by atoms with van der Waals surface area (Å²) in [6.07, 6.45) is 32.5. The highest BCUT2D eigenvalue weighted by Gasteiger charge is 2.19. The number of unbranched alkanes of at least 4 members (excludes halogenated alkanes) is 22. The summed E-state index contributed by atoms with van der Waals surface area (Å²) < 4.78 is 0. The minimum absolute atomic E-state index is 0. The third kappa shape index (κ3) is 33.2. The summed E-state index contributed by atoms with van der Waals surface area (Å²) in [5.74, 6) is -0.00329. The number of guanidine groups is 1. The number of amides is 2. The third-order valence-electron chi connectivity index (χ3n) is 8.18. The number of hydrogen-bond acceptors (Lipinski definition) is 3. The van der Waals surface area contributed by atoms with Gasteiger partial charge in [-0.3, -0.25) is 14.6 Å². The van der Waals surface area contributed by atoms with Crippen LogP contribution in [0, 0.1) is 0 Å². The van der Waals surface area contributed by atoms with Gasteiger partial charge >= 0.3 is 0 Å². The molecule has 0 saturated heterocycles. The monoisotopic (exact) mass is 630 g/mol. The van der Waals surface area contributed by atoms with Gasteiger partial charge in [0.05, 0.1) is 0 Å². The molecule has 1 atom stereocenters. The van der Waals surface area contributed by atoms with Crippen LogP contribution in [0.25, 0.3) is 0 Å². The van der Waals surface area contributed by atoms with Crippen molar-refractivity contribution in [2.24, 2.45) is 16.5 Å². The first-order chi connectivity index (χ1) is 20.5. The van der Waals surface area contributed by atoms with Gasteiger partial charge in [-0.25, -0.2) is 0 Å². The lowest BCUT2D eigenvalue weighted by Crippen LogP contribution is -2.47. The summed E-state index contributed by atoms with van der Waals surface area (Å²) in [5.41, 5.74) is 10.8. The zero-order valence-electron chi connectivity index (χ0n) is 28.4. The molecule has 0 spiro atoms. The number of nitrogens with zero attached hydrogens (tertiary/aromatic N) is 1. The number of hydrogen-bond donors (Lipinski definition) is 4. The molecular formula is C35H72ClN5O2. The van der Waals surface area contributed by atoms with Crippen LogP contribution in [-0.2, 0) is 9.59 Å². The van der Waals surface area contributed by atoms with Crippen LogP contribution in [0.3, 0.4) is 0 Å². The van der Waals surface area contributed by atoms with Crippen molar-refractivity contribution >= 4 is 30.2 Å². The minimum atomic E-state index is -0.483. The normalized spacial score (nSPS) is 11.5. The Balaban J connectivity index is 0. The highest BCUT2D eigenvalue weighted by molar-refractivity contribution is 5.87. The minimum Gasteiger partial charge on any atom is -0.370 e. The quantitative estimate of drug-likeness (QED) is 0.0337. The van der Waals surface area contributed by atoms with Crippen molar-refractivity contribution in [2.45, 2.75) is 193 Å². The fourth-order valence-corrected chi connectivity index (χ4v) is 5.45. The fraction of sp³-hybridized carbons (Fsp3) is 0.914. The summed E-state index contributed by atoms with van der Waals surface area (Å²) >= 11 is 0. The standard InChI is InChI=1S/C35H71N5O2.ClH/c1-3-5-7-9-10-11-12-13-14-15-16-17-18-19-20-21-22-23-24-29-33(41)40-32(28-25-27-31-39-35(36)37)34(42)38-30-26-8-6-4-2;/h32H,3-31H2,1-2H3,(H,38,42)(H,40,41)(H4,36,37,39);1H. The van der Waals surface area contributed by atoms with Crippen molar-refractivity contribution in [2.75, 3.05) is 13.1 Å². The summed E-state index contributed by atoms with van der Waals surface area (Å²) in [7, 11) is 0. The maximum absolute atomic E-state index is 12.7. The Morgan fingerprint density at radius 3 is 1.44 bits per heavy atom. The van der Waals surface area contributed by atoms with E-state index < -0.39 is 6.04 Å². The van der Waals surface area contributed by atoms with Crippen LogP contribution in [0.15, 0.2) is 4.99 Å². The molecule has 0 aliphatic heterocycles. The largest absolute Gasteiger partial charge is 0.370 e. The molecule has 43 heavy (non-hydrogen) atoms. The average molecular weight is 630 g/mol. The SMILES string of the molecule is CCCCCCCCCCCCCCCCCCCCCC(=O)NC(CCCCN=C(N)N)C(=O)NCCCCCC.Cl. The van der Waals surface area contributed by atoms with Gasteiger partial charge in [0.2, 0.25) is 11.8 Å². The van der Waals surface area contributed by atoms with Crippen LogP contribution < -0.4 is 22.1 Å². The molecule has 0 saturated carbocycles. The van der Waals surface area contributed by atoms with Gasteiger partial charge in [0.1, 0.15) is 6.04 Å². The van der Waals surface area contributed by atoms with E-state index in [4.69, 9.17) is 11.5 Å². The van der Waals surface area contributed by atoms with Crippen LogP contribution in [-0.4, -0.2) is 36.9 Å². The second-order valence-corrected chi connectivity index (χ2v) is 12.4. The van der Waals surface area contributed by atoms with Gasteiger partial charge in [0, 0.05) is 19.5 Å². The van der Waals surface area contributed by atoms with E-state index in [0.717, 1.165) is 38.5 Å². The van der Waals surface area contributed by atoms with Crippen molar-refractivity contribution in [1.82, 2.24) is 10.6 Å². The van der Waals surface area contributed by atoms with E-state index in [0.29, 0.717) is 25.9 Å². The van der Waals surface area contributed by atoms with E-state index >= 15 is 0 Å². The molecule has 0 aromatic rings. The zero-order chi connectivity index (χ0) is 30.9. The number of halogens is 1. The molecule has 8 heteroatoms. The van der Waals surface area contributed by atoms with Crippen molar-refractivity contribution in [1.29, 1.82) is 0 Å². The fourth-order valence-electron chi connectivity index (χ4n) is 5.45. The van der Waals surface area contributed by atoms with Gasteiger partial charge in [-0.2, -0.15) is 0 Å². The van der Waals surface area contributed by atoms with Crippen LogP contribution >= 0.6 is 12.4 Å². The van der Waals surface area contributed by atoms with Gasteiger partial charge in [0.25, 0.3) is 0 Å². The molecule has 6 N–H and O–H groups in total. The van der Waals surface area contributed by atoms with Gasteiger partial charge in [-0.15, -0.1) is 12.4 Å². The number of nitrogens with one attached hydrogen (secondary N) is 2. The van der Waals surface area contributed by atoms with E-state index in [1.165, 1.54) is 122 Å². The van der Waals surface area contributed by atoms with Crippen molar-refractivity contribution < 1.29 is 9.59 Å². The van der Waals surface area contributed by atoms with E-state index in [-0.39, 0.29) is 30.2 Å². The molecule has 0 fully saturated rings. The van der Waals surface area contributed by atoms with Crippen LogP contribution in [0.1, 0.15) is 187 Å². The molecule has 0 aromatic heterocycles. The lowest BCUT2D eigenvalue weighted by Gasteiger charge is -2.18. The Labute approximate surface area is 272 Å². The molecule has 1 unspecified atom stereocenters. The lowest BCUT2D eigenvalue weighted by atomic mass is 10.0. The Bertz CT molecular complexity index is 644. The van der Waals surface area contributed by atoms with Gasteiger partial charge < -0.3 is 22.1 Å². The Kier molecular flexibility index (Phi) is 35.5. The first-order valence-electron chi connectivity index (χ1n) is 18.1. The maximum Gasteiger partial charge on any atom is 0.242 e. The molecule has 7 nitrogen and oxygen atoms in total. The van der Waals surface area contributed by atoms with E-state index in [1.54, 1.807) is 0 Å². The lowest BCUT2D eigenvalue weighted by molar-refractivity contribution is -0.129. The highest BCUT2D eigenvalue weighted by atomic mass is 35.5. The molecule has 0 bridgehead atoms. The predicted octanol–water partition coefficient (Wildman–Crippen LogP) is 8.86. The molecule has 0 radical (unpaired) electrons. The smallest absolute Gasteiger partial charge is 0.242 e. The molecular weight excluding hydrogens is 558 g/mol. The second-order valence-electron chi connectivity index (χ2n) is 12.4. The average Bonchev–Trinajstić information content (AvgIpc) is 2.97. The van der Waals surface area contributed by atoms with Crippen molar-refractivity contribution in [3.8, 4) is 0 Å². The summed E-state index contributed by atoms with van der Waals surface area (Å²) in [6, 6.07) is -0.483. The van der Waals surface area contributed by atoms with Crippen LogP contribution in [0.2, 0.25) is 0 Å². The van der Waals surface area contributed by atoms with Crippen molar-refractivity contribution in [3.05, 3.63) is 0 Å². The maximum atomic E-state index is 12.7. The Morgan fingerprint density at radius 1 is 0.581 bits per heavy atom. The zero-order valence-corrected chi connectivity index (χ0v) is 29.2. The Hall–Kier alpha value is -1.50. The first-order valence-corrected chi connectivity index (χ1v) is 18.1. The van der Waals surface area contributed by atoms with Gasteiger partial charge in [-0.05, 0) is 32.1 Å². The highest BCUT2D eigenvalue weighted by Crippen LogP contribution is 2.15. The number of nitrogens with two attached hydrogens (primary N) is 2. The first kappa shape index (κ1) is 43.6. The second kappa shape index (κ2) is 35.0. The van der Waals surface area contributed by atoms with Crippen molar-refractivity contribution in [3.63, 3.8) is 0 Å². The predicted molar refractivity (Wildman–Crippen MR) is 189 cm³/mol. The van der Waals surface area contributed by atoms with E-state index in [2.05, 4.69) is 29.5 Å². The number of aliphatic imine (C=N–C) groups is 1. The van der Waals surface area contributed by atoms with E-state index in [1.807, 2.05) is 0 Å². The number of rotatable bonds is 32.